The van der Waals surface area contributed by atoms with Crippen molar-refractivity contribution >= 4 is 21.7 Å². The summed E-state index contributed by atoms with van der Waals surface area (Å²) >= 11 is 3.55. The Balaban J connectivity index is 2.65. The van der Waals surface area contributed by atoms with Crippen molar-refractivity contribution in [2.24, 2.45) is 0 Å². The maximum absolute atomic E-state index is 5.97. The van der Waals surface area contributed by atoms with E-state index in [1.807, 2.05) is 24.3 Å². The van der Waals surface area contributed by atoms with Crippen LogP contribution in [0.1, 0.15) is 33.0 Å². The fourth-order valence-corrected chi connectivity index (χ4v) is 2.33. The number of nitrogens with zero attached hydrogens (tertiary/aromatic N) is 1. The summed E-state index contributed by atoms with van der Waals surface area (Å²) in [6, 6.07) is 7.96. The van der Waals surface area contributed by atoms with E-state index in [1.165, 1.54) is 0 Å². The van der Waals surface area contributed by atoms with Crippen molar-refractivity contribution in [1.82, 2.24) is 5.16 Å². The van der Waals surface area contributed by atoms with Gasteiger partial charge < -0.3 is 10.3 Å². The summed E-state index contributed by atoms with van der Waals surface area (Å²) in [5, 5.41) is 3.93. The summed E-state index contributed by atoms with van der Waals surface area (Å²) in [7, 11) is 0. The lowest BCUT2D eigenvalue weighted by atomic mass is 9.83. The molecule has 0 spiro atoms. The average molecular weight is 309 g/mol. The van der Waals surface area contributed by atoms with Gasteiger partial charge in [-0.1, -0.05) is 60.1 Å². The van der Waals surface area contributed by atoms with Crippen LogP contribution in [0, 0.1) is 0 Å². The van der Waals surface area contributed by atoms with Gasteiger partial charge in [-0.25, -0.2) is 0 Å². The van der Waals surface area contributed by atoms with Gasteiger partial charge in [-0.2, -0.15) is 0 Å². The molecule has 0 atom stereocenters. The Bertz CT molecular complexity index is 561. The van der Waals surface area contributed by atoms with E-state index >= 15 is 0 Å². The minimum Gasteiger partial charge on any atom is -0.380 e. The molecule has 0 saturated carbocycles. The number of hydrogen-bond acceptors (Lipinski definition) is 3. The summed E-state index contributed by atoms with van der Waals surface area (Å²) in [5.74, 6) is 1.29. The molecule has 18 heavy (non-hydrogen) atoms. The van der Waals surface area contributed by atoms with Crippen LogP contribution in [0.15, 0.2) is 33.3 Å². The molecule has 1 aromatic carbocycles. The maximum Gasteiger partial charge on any atom is 0.175 e. The number of anilines is 1. The van der Waals surface area contributed by atoms with Crippen LogP contribution in [-0.4, -0.2) is 5.16 Å². The van der Waals surface area contributed by atoms with Crippen molar-refractivity contribution in [3.8, 4) is 11.1 Å². The second-order valence-corrected chi connectivity index (χ2v) is 5.84. The standard InChI is InChI=1S/C14H17BrN2O/c1-4-14(2,3)12-11(13(16)17-18-12)9-7-5-6-8-10(9)15/h5-8H,4H2,1-3H3,(H2,16,17). The lowest BCUT2D eigenvalue weighted by molar-refractivity contribution is 0.313. The Morgan fingerprint density at radius 1 is 1.33 bits per heavy atom. The maximum atomic E-state index is 5.97. The molecule has 3 nitrogen and oxygen atoms in total. The van der Waals surface area contributed by atoms with E-state index in [1.54, 1.807) is 0 Å². The zero-order chi connectivity index (χ0) is 13.3. The van der Waals surface area contributed by atoms with Crippen molar-refractivity contribution in [3.05, 3.63) is 34.5 Å². The molecule has 1 aromatic heterocycles. The highest BCUT2D eigenvalue weighted by Crippen LogP contribution is 2.41. The highest BCUT2D eigenvalue weighted by molar-refractivity contribution is 9.10. The predicted octanol–water partition coefficient (Wildman–Crippen LogP) is 4.37. The van der Waals surface area contributed by atoms with Crippen molar-refractivity contribution < 1.29 is 4.52 Å². The van der Waals surface area contributed by atoms with Gasteiger partial charge in [0.15, 0.2) is 11.6 Å². The molecule has 4 heteroatoms. The van der Waals surface area contributed by atoms with E-state index in [0.717, 1.165) is 27.8 Å². The van der Waals surface area contributed by atoms with Gasteiger partial charge >= 0.3 is 0 Å². The van der Waals surface area contributed by atoms with Crippen LogP contribution < -0.4 is 5.73 Å². The first-order chi connectivity index (χ1) is 8.47. The predicted molar refractivity (Wildman–Crippen MR) is 77.4 cm³/mol. The molecule has 2 aromatic rings. The lowest BCUT2D eigenvalue weighted by Gasteiger charge is -2.20. The Kier molecular flexibility index (Phi) is 3.48. The van der Waals surface area contributed by atoms with Gasteiger partial charge in [0.25, 0.3) is 0 Å². The minimum absolute atomic E-state index is 0.0881. The van der Waals surface area contributed by atoms with Crippen LogP contribution in [-0.2, 0) is 5.41 Å². The Labute approximate surface area is 115 Å². The summed E-state index contributed by atoms with van der Waals surface area (Å²) in [5.41, 5.74) is 7.80. The van der Waals surface area contributed by atoms with E-state index < -0.39 is 0 Å². The van der Waals surface area contributed by atoms with Gasteiger partial charge in [0.1, 0.15) is 0 Å². The number of benzene rings is 1. The summed E-state index contributed by atoms with van der Waals surface area (Å²) < 4.78 is 6.46. The smallest absolute Gasteiger partial charge is 0.175 e. The Hall–Kier alpha value is -1.29. The molecule has 2 rings (SSSR count). The van der Waals surface area contributed by atoms with Crippen LogP contribution in [0.2, 0.25) is 0 Å². The Morgan fingerprint density at radius 3 is 2.61 bits per heavy atom. The molecule has 0 amide bonds. The van der Waals surface area contributed by atoms with Crippen molar-refractivity contribution in [1.29, 1.82) is 0 Å². The van der Waals surface area contributed by atoms with Crippen LogP contribution >= 0.6 is 15.9 Å². The van der Waals surface area contributed by atoms with Gasteiger partial charge in [-0.05, 0) is 12.5 Å². The van der Waals surface area contributed by atoms with E-state index in [-0.39, 0.29) is 5.41 Å². The van der Waals surface area contributed by atoms with Crippen molar-refractivity contribution in [2.75, 3.05) is 5.73 Å². The monoisotopic (exact) mass is 308 g/mol. The molecule has 0 saturated heterocycles. The second kappa shape index (κ2) is 4.76. The number of rotatable bonds is 3. The first kappa shape index (κ1) is 13.1. The Morgan fingerprint density at radius 2 is 2.00 bits per heavy atom. The van der Waals surface area contributed by atoms with Crippen LogP contribution in [0.3, 0.4) is 0 Å². The highest BCUT2D eigenvalue weighted by Gasteiger charge is 2.30. The number of halogens is 1. The van der Waals surface area contributed by atoms with E-state index in [0.29, 0.717) is 5.82 Å². The molecule has 0 aliphatic carbocycles. The summed E-state index contributed by atoms with van der Waals surface area (Å²) in [4.78, 5) is 0. The van der Waals surface area contributed by atoms with Gasteiger partial charge in [0.2, 0.25) is 0 Å². The first-order valence-electron chi connectivity index (χ1n) is 5.98. The third-order valence-corrected chi connectivity index (χ3v) is 4.05. The van der Waals surface area contributed by atoms with Crippen LogP contribution in [0.5, 0.6) is 0 Å². The molecule has 0 radical (unpaired) electrons. The second-order valence-electron chi connectivity index (χ2n) is 4.99. The van der Waals surface area contributed by atoms with E-state index in [9.17, 15) is 0 Å². The zero-order valence-electron chi connectivity index (χ0n) is 10.8. The fraction of sp³-hybridized carbons (Fsp3) is 0.357. The molecule has 0 fully saturated rings. The number of aromatic nitrogens is 1. The SMILES string of the molecule is CCC(C)(C)c1onc(N)c1-c1ccccc1Br. The zero-order valence-corrected chi connectivity index (χ0v) is 12.4. The van der Waals surface area contributed by atoms with Crippen molar-refractivity contribution in [3.63, 3.8) is 0 Å². The number of hydrogen-bond donors (Lipinski definition) is 1. The largest absolute Gasteiger partial charge is 0.380 e. The van der Waals surface area contributed by atoms with Crippen molar-refractivity contribution in [2.45, 2.75) is 32.6 Å². The van der Waals surface area contributed by atoms with Gasteiger partial charge in [0.05, 0.1) is 5.56 Å². The summed E-state index contributed by atoms with van der Waals surface area (Å²) in [6.07, 6.45) is 0.957. The first-order valence-corrected chi connectivity index (χ1v) is 6.77. The van der Waals surface area contributed by atoms with Crippen LogP contribution in [0.4, 0.5) is 5.82 Å². The molecule has 0 unspecified atom stereocenters. The van der Waals surface area contributed by atoms with Gasteiger partial charge in [-0.3, -0.25) is 0 Å². The molecule has 1 heterocycles. The number of nitrogens with two attached hydrogens (primary N) is 1. The topological polar surface area (TPSA) is 52.0 Å². The molecule has 2 N–H and O–H groups in total. The molecule has 0 bridgehead atoms. The molecular weight excluding hydrogens is 292 g/mol. The van der Waals surface area contributed by atoms with E-state index in [2.05, 4.69) is 41.9 Å². The average Bonchev–Trinajstić information content (AvgIpc) is 2.72. The summed E-state index contributed by atoms with van der Waals surface area (Å²) in [6.45, 7) is 6.39. The lowest BCUT2D eigenvalue weighted by Crippen LogP contribution is -2.15. The molecular formula is C14H17BrN2O. The van der Waals surface area contributed by atoms with Gasteiger partial charge in [-0.15, -0.1) is 0 Å². The quantitative estimate of drug-likeness (QED) is 0.915. The fourth-order valence-electron chi connectivity index (χ4n) is 1.85. The normalized spacial score (nSPS) is 11.8. The molecule has 0 aliphatic rings. The van der Waals surface area contributed by atoms with Gasteiger partial charge in [0, 0.05) is 15.5 Å². The third kappa shape index (κ3) is 2.17. The minimum atomic E-state index is -0.0881. The number of nitrogen functional groups attached to an aromatic ring is 1. The highest BCUT2D eigenvalue weighted by atomic mass is 79.9. The van der Waals surface area contributed by atoms with E-state index in [4.69, 9.17) is 10.3 Å². The third-order valence-electron chi connectivity index (χ3n) is 3.36. The van der Waals surface area contributed by atoms with Crippen LogP contribution in [0.25, 0.3) is 11.1 Å². The molecule has 96 valence electrons. The molecule has 0 aliphatic heterocycles.